The number of allylic oxidation sites excluding steroid dienone is 2. The smallest absolute Gasteiger partial charge is 0.239 e. The SMILES string of the molecule is COc1ccc(C2=C(c3ccc(OC)cc3)[C@@]3(c4ccccc4)C(=O)[C@]2(c2ccccc2)[C@@H]2C(=O)N(c4cccc(C)c4)C(=O)[C@@H]23)cc1. The molecule has 1 saturated carbocycles. The first-order chi connectivity index (χ1) is 23.4. The third kappa shape index (κ3) is 3.77. The number of imide groups is 1. The number of amides is 2. The van der Waals surface area contributed by atoms with Gasteiger partial charge in [0, 0.05) is 0 Å². The fourth-order valence-electron chi connectivity index (χ4n) is 8.66. The molecule has 6 heteroatoms. The van der Waals surface area contributed by atoms with Gasteiger partial charge in [0.2, 0.25) is 11.8 Å². The van der Waals surface area contributed by atoms with Crippen LogP contribution in [0.2, 0.25) is 0 Å². The van der Waals surface area contributed by atoms with E-state index in [1.54, 1.807) is 20.3 Å². The zero-order valence-corrected chi connectivity index (χ0v) is 26.8. The number of aryl methyl sites for hydroxylation is 1. The van der Waals surface area contributed by atoms with E-state index in [9.17, 15) is 0 Å². The number of anilines is 1. The number of ketones is 1. The molecule has 5 aromatic rings. The minimum Gasteiger partial charge on any atom is -0.497 e. The van der Waals surface area contributed by atoms with E-state index < -0.39 is 22.7 Å². The van der Waals surface area contributed by atoms with E-state index in [2.05, 4.69) is 0 Å². The molecule has 0 spiro atoms. The summed E-state index contributed by atoms with van der Waals surface area (Å²) in [6, 6.07) is 41.8. The Morgan fingerprint density at radius 2 is 0.979 bits per heavy atom. The summed E-state index contributed by atoms with van der Waals surface area (Å²) in [6.45, 7) is 1.94. The number of carbonyl (C=O) groups is 3. The molecule has 0 radical (unpaired) electrons. The van der Waals surface area contributed by atoms with Crippen molar-refractivity contribution in [1.82, 2.24) is 0 Å². The minimum atomic E-state index is -1.48. The fourth-order valence-corrected chi connectivity index (χ4v) is 8.66. The molecule has 5 aromatic carbocycles. The lowest BCUT2D eigenvalue weighted by Gasteiger charge is -2.39. The summed E-state index contributed by atoms with van der Waals surface area (Å²) >= 11 is 0. The Labute approximate surface area is 279 Å². The first kappa shape index (κ1) is 29.6. The van der Waals surface area contributed by atoms with Crippen molar-refractivity contribution in [2.24, 2.45) is 11.8 Å². The molecule has 0 N–H and O–H groups in total. The van der Waals surface area contributed by atoms with E-state index in [0.717, 1.165) is 27.8 Å². The number of benzene rings is 5. The van der Waals surface area contributed by atoms with Crippen LogP contribution in [0, 0.1) is 18.8 Å². The van der Waals surface area contributed by atoms with Crippen LogP contribution >= 0.6 is 0 Å². The van der Waals surface area contributed by atoms with Crippen molar-refractivity contribution < 1.29 is 23.9 Å². The number of hydrogen-bond donors (Lipinski definition) is 0. The highest BCUT2D eigenvalue weighted by molar-refractivity contribution is 6.39. The highest BCUT2D eigenvalue weighted by Crippen LogP contribution is 2.74. The number of rotatable bonds is 7. The summed E-state index contributed by atoms with van der Waals surface area (Å²) in [5, 5.41) is 0. The average molecular weight is 632 g/mol. The molecule has 1 aliphatic heterocycles. The van der Waals surface area contributed by atoms with E-state index in [1.807, 2.05) is 134 Å². The van der Waals surface area contributed by atoms with Gasteiger partial charge in [-0.1, -0.05) is 97.1 Å². The third-order valence-electron chi connectivity index (χ3n) is 10.5. The van der Waals surface area contributed by atoms with Gasteiger partial charge in [0.15, 0.2) is 5.78 Å². The molecular weight excluding hydrogens is 598 g/mol. The van der Waals surface area contributed by atoms with Crippen molar-refractivity contribution in [3.8, 4) is 11.5 Å². The fraction of sp³-hybridized carbons (Fsp3) is 0.167. The van der Waals surface area contributed by atoms with Crippen LogP contribution in [0.1, 0.15) is 27.8 Å². The monoisotopic (exact) mass is 631 g/mol. The van der Waals surface area contributed by atoms with E-state index in [-0.39, 0.29) is 17.6 Å². The van der Waals surface area contributed by atoms with Crippen molar-refractivity contribution in [2.75, 3.05) is 19.1 Å². The van der Waals surface area contributed by atoms with Crippen molar-refractivity contribution in [1.29, 1.82) is 0 Å². The average Bonchev–Trinajstić information content (AvgIpc) is 3.64. The van der Waals surface area contributed by atoms with E-state index in [1.165, 1.54) is 4.90 Å². The molecule has 48 heavy (non-hydrogen) atoms. The number of Topliss-reactive ketones (excluding diaryl/α,β-unsaturated/α-hetero) is 1. The highest BCUT2D eigenvalue weighted by Gasteiger charge is 2.82. The van der Waals surface area contributed by atoms with Crippen LogP contribution in [0.3, 0.4) is 0 Å². The summed E-state index contributed by atoms with van der Waals surface area (Å²) in [5.41, 5.74) is 2.87. The number of carbonyl (C=O) groups excluding carboxylic acids is 3. The normalized spacial score (nSPS) is 24.3. The molecule has 236 valence electrons. The first-order valence-electron chi connectivity index (χ1n) is 16.0. The molecule has 2 amide bonds. The topological polar surface area (TPSA) is 72.9 Å². The van der Waals surface area contributed by atoms with E-state index >= 15 is 14.4 Å². The maximum atomic E-state index is 16.0. The molecule has 3 aliphatic rings. The lowest BCUT2D eigenvalue weighted by molar-refractivity contribution is -0.130. The van der Waals surface area contributed by atoms with Gasteiger partial charge in [0.1, 0.15) is 11.5 Å². The van der Waals surface area contributed by atoms with E-state index in [0.29, 0.717) is 28.3 Å². The zero-order valence-electron chi connectivity index (χ0n) is 26.8. The number of fused-ring (bicyclic) bond motifs is 5. The summed E-state index contributed by atoms with van der Waals surface area (Å²) in [5.74, 6) is -1.54. The lowest BCUT2D eigenvalue weighted by Crippen LogP contribution is -2.45. The molecule has 1 heterocycles. The Morgan fingerprint density at radius 3 is 1.38 bits per heavy atom. The van der Waals surface area contributed by atoms with Gasteiger partial charge in [-0.15, -0.1) is 0 Å². The van der Waals surface area contributed by atoms with Crippen molar-refractivity contribution >= 4 is 34.4 Å². The summed E-state index contributed by atoms with van der Waals surface area (Å²) in [6.07, 6.45) is 0. The van der Waals surface area contributed by atoms with Gasteiger partial charge < -0.3 is 9.47 Å². The second-order valence-electron chi connectivity index (χ2n) is 12.7. The number of hydrogen-bond acceptors (Lipinski definition) is 5. The van der Waals surface area contributed by atoms with Gasteiger partial charge in [-0.2, -0.15) is 0 Å². The molecule has 2 bridgehead atoms. The minimum absolute atomic E-state index is 0.162. The van der Waals surface area contributed by atoms with Gasteiger partial charge >= 0.3 is 0 Å². The van der Waals surface area contributed by atoms with Gasteiger partial charge in [-0.05, 0) is 82.3 Å². The maximum absolute atomic E-state index is 16.0. The Balaban J connectivity index is 1.55. The zero-order chi connectivity index (χ0) is 33.2. The second kappa shape index (κ2) is 10.9. The molecule has 6 nitrogen and oxygen atoms in total. The molecule has 0 aromatic heterocycles. The van der Waals surface area contributed by atoms with Crippen LogP contribution in [0.15, 0.2) is 133 Å². The Bertz CT molecular complexity index is 1990. The van der Waals surface area contributed by atoms with Crippen molar-refractivity contribution in [2.45, 2.75) is 17.8 Å². The molecule has 0 unspecified atom stereocenters. The molecule has 1 saturated heterocycles. The summed E-state index contributed by atoms with van der Waals surface area (Å²) < 4.78 is 11.0. The van der Waals surface area contributed by atoms with Crippen LogP contribution in [-0.2, 0) is 25.2 Å². The standard InChI is InChI=1S/C42H33NO5/c1-26-11-10-16-31(25-26)43-38(44)36-37(39(43)45)42(30-14-8-5-9-15-30)35(28-19-23-33(48-3)24-20-28)34(27-17-21-32(47-2)22-18-27)41(36,40(42)46)29-12-6-4-7-13-29/h4-25,36-37H,1-3H3/t36-,37+,41-,42+. The van der Waals surface area contributed by atoms with Crippen molar-refractivity contribution in [3.63, 3.8) is 0 Å². The molecule has 2 fully saturated rings. The van der Waals surface area contributed by atoms with Crippen LogP contribution < -0.4 is 14.4 Å². The Morgan fingerprint density at radius 1 is 0.542 bits per heavy atom. The number of ether oxygens (including phenoxy) is 2. The number of nitrogens with zero attached hydrogens (tertiary/aromatic N) is 1. The van der Waals surface area contributed by atoms with Crippen LogP contribution in [0.25, 0.3) is 11.1 Å². The van der Waals surface area contributed by atoms with Crippen LogP contribution in [0.4, 0.5) is 5.69 Å². The molecule has 2 aliphatic carbocycles. The predicted octanol–water partition coefficient (Wildman–Crippen LogP) is 7.20. The van der Waals surface area contributed by atoms with E-state index in [4.69, 9.17) is 9.47 Å². The molecule has 8 rings (SSSR count). The van der Waals surface area contributed by atoms with Gasteiger partial charge in [0.05, 0.1) is 42.6 Å². The molecule has 4 atom stereocenters. The highest BCUT2D eigenvalue weighted by atomic mass is 16.5. The lowest BCUT2D eigenvalue weighted by atomic mass is 9.59. The van der Waals surface area contributed by atoms with Crippen LogP contribution in [0.5, 0.6) is 11.5 Å². The first-order valence-corrected chi connectivity index (χ1v) is 16.0. The summed E-state index contributed by atoms with van der Waals surface area (Å²) in [4.78, 5) is 47.5. The van der Waals surface area contributed by atoms with Gasteiger partial charge in [-0.3, -0.25) is 14.4 Å². The van der Waals surface area contributed by atoms with Gasteiger partial charge in [0.25, 0.3) is 0 Å². The number of methoxy groups -OCH3 is 2. The third-order valence-corrected chi connectivity index (χ3v) is 10.5. The maximum Gasteiger partial charge on any atom is 0.239 e. The summed E-state index contributed by atoms with van der Waals surface area (Å²) in [7, 11) is 3.22. The predicted molar refractivity (Wildman–Crippen MR) is 185 cm³/mol. The van der Waals surface area contributed by atoms with Crippen LogP contribution in [-0.4, -0.2) is 31.8 Å². The molecular formula is C42H33NO5. The Kier molecular flexibility index (Phi) is 6.74. The van der Waals surface area contributed by atoms with Crippen molar-refractivity contribution in [3.05, 3.63) is 161 Å². The second-order valence-corrected chi connectivity index (χ2v) is 12.7. The Hall–Kier alpha value is -5.75. The quantitative estimate of drug-likeness (QED) is 0.178. The van der Waals surface area contributed by atoms with Gasteiger partial charge in [-0.25, -0.2) is 4.90 Å². The largest absolute Gasteiger partial charge is 0.497 e.